The van der Waals surface area contributed by atoms with Crippen LogP contribution in [0.25, 0.3) is 0 Å². The van der Waals surface area contributed by atoms with Gasteiger partial charge in [-0.15, -0.1) is 0 Å². The van der Waals surface area contributed by atoms with Crippen LogP contribution in [0.4, 0.5) is 36.4 Å². The lowest BCUT2D eigenvalue weighted by Gasteiger charge is -2.16. The van der Waals surface area contributed by atoms with E-state index < -0.39 is 36.4 Å². The van der Waals surface area contributed by atoms with Crippen molar-refractivity contribution in [3.63, 3.8) is 0 Å². The first kappa shape index (κ1) is 15.5. The van der Waals surface area contributed by atoms with Crippen molar-refractivity contribution >= 4 is 5.69 Å². The minimum atomic E-state index is -4.95. The zero-order chi connectivity index (χ0) is 14.8. The van der Waals surface area contributed by atoms with Gasteiger partial charge in [-0.1, -0.05) is 0 Å². The van der Waals surface area contributed by atoms with E-state index in [4.69, 9.17) is 5.11 Å². The number of nitrogens with one attached hydrogen (secondary N) is 1. The quantitative estimate of drug-likeness (QED) is 0.838. The van der Waals surface area contributed by atoms with Crippen LogP contribution in [0.15, 0.2) is 18.2 Å². The molecule has 1 atom stereocenters. The third kappa shape index (κ3) is 4.27. The second-order valence-electron chi connectivity index (χ2n) is 3.63. The molecule has 0 fully saturated rings. The van der Waals surface area contributed by atoms with Gasteiger partial charge in [-0.2, -0.15) is 26.3 Å². The molecule has 0 aliphatic carbocycles. The first-order valence-corrected chi connectivity index (χ1v) is 4.87. The summed E-state index contributed by atoms with van der Waals surface area (Å²) in [5, 5.41) is 10.6. The van der Waals surface area contributed by atoms with Gasteiger partial charge in [0.25, 0.3) is 0 Å². The number of benzene rings is 1. The van der Waals surface area contributed by atoms with E-state index in [-0.39, 0.29) is 5.69 Å². The van der Waals surface area contributed by atoms with Crippen molar-refractivity contribution in [2.75, 3.05) is 11.9 Å². The Labute approximate surface area is 102 Å². The number of alkyl halides is 6. The van der Waals surface area contributed by atoms with Crippen molar-refractivity contribution in [1.82, 2.24) is 0 Å². The van der Waals surface area contributed by atoms with E-state index in [0.29, 0.717) is 12.1 Å². The Morgan fingerprint density at radius 1 is 1.11 bits per heavy atom. The van der Waals surface area contributed by atoms with Crippen LogP contribution in [0.3, 0.4) is 0 Å². The van der Waals surface area contributed by atoms with Crippen molar-refractivity contribution in [1.29, 1.82) is 0 Å². The van der Waals surface area contributed by atoms with Gasteiger partial charge >= 0.3 is 12.4 Å². The summed E-state index contributed by atoms with van der Waals surface area (Å²) in [5.41, 5.74) is -1.98. The zero-order valence-electron chi connectivity index (χ0n) is 9.11. The largest absolute Gasteiger partial charge is 0.419 e. The number of aliphatic hydroxyl groups excluding tert-OH is 1. The van der Waals surface area contributed by atoms with E-state index in [1.165, 1.54) is 0 Å². The van der Waals surface area contributed by atoms with Crippen molar-refractivity contribution in [3.8, 4) is 0 Å². The zero-order valence-corrected chi connectivity index (χ0v) is 9.11. The van der Waals surface area contributed by atoms with Gasteiger partial charge in [-0.3, -0.25) is 0 Å². The topological polar surface area (TPSA) is 32.3 Å². The Kier molecular flexibility index (Phi) is 4.28. The van der Waals surface area contributed by atoms with E-state index >= 15 is 0 Å². The number of anilines is 1. The van der Waals surface area contributed by atoms with E-state index in [0.717, 1.165) is 6.07 Å². The standard InChI is InChI=1S/C10H8F7NO/c11-7-2-1-5(3-6(7)9(12,13)14)18-4-8(19)10(15,16)17/h1-3,8,18-19H,4H2. The Bertz CT molecular complexity index is 440. The molecule has 108 valence electrons. The lowest BCUT2D eigenvalue weighted by atomic mass is 10.1. The van der Waals surface area contributed by atoms with Gasteiger partial charge in [0.2, 0.25) is 0 Å². The summed E-state index contributed by atoms with van der Waals surface area (Å²) in [5.74, 6) is -1.53. The first-order valence-electron chi connectivity index (χ1n) is 4.87. The lowest BCUT2D eigenvalue weighted by Crippen LogP contribution is -2.35. The summed E-state index contributed by atoms with van der Waals surface area (Å²) in [6.07, 6.45) is -12.6. The van der Waals surface area contributed by atoms with Gasteiger partial charge < -0.3 is 10.4 Å². The Hall–Kier alpha value is -1.51. The van der Waals surface area contributed by atoms with E-state index in [2.05, 4.69) is 0 Å². The highest BCUT2D eigenvalue weighted by Crippen LogP contribution is 2.33. The predicted molar refractivity (Wildman–Crippen MR) is 52.0 cm³/mol. The van der Waals surface area contributed by atoms with Gasteiger partial charge in [0.1, 0.15) is 5.82 Å². The molecule has 0 aliphatic rings. The number of hydrogen-bond donors (Lipinski definition) is 2. The van der Waals surface area contributed by atoms with Crippen LogP contribution in [0.5, 0.6) is 0 Å². The Morgan fingerprint density at radius 2 is 1.68 bits per heavy atom. The second-order valence-corrected chi connectivity index (χ2v) is 3.63. The van der Waals surface area contributed by atoms with Crippen molar-refractivity contribution in [2.45, 2.75) is 18.5 Å². The molecule has 2 N–H and O–H groups in total. The number of aliphatic hydroxyl groups is 1. The highest BCUT2D eigenvalue weighted by atomic mass is 19.4. The minimum absolute atomic E-state index is 0.332. The van der Waals surface area contributed by atoms with Crippen LogP contribution in [0, 0.1) is 5.82 Å². The molecule has 0 heterocycles. The molecule has 9 heteroatoms. The Morgan fingerprint density at radius 3 is 2.16 bits per heavy atom. The molecule has 19 heavy (non-hydrogen) atoms. The minimum Gasteiger partial charge on any atom is -0.382 e. The van der Waals surface area contributed by atoms with Gasteiger partial charge in [0.15, 0.2) is 6.10 Å². The molecule has 0 amide bonds. The number of rotatable bonds is 3. The summed E-state index contributed by atoms with van der Waals surface area (Å²) >= 11 is 0. The summed E-state index contributed by atoms with van der Waals surface area (Å²) < 4.78 is 85.7. The maximum atomic E-state index is 12.9. The number of hydrogen-bond acceptors (Lipinski definition) is 2. The molecule has 0 bridgehead atoms. The molecule has 1 rings (SSSR count). The third-order valence-corrected chi connectivity index (χ3v) is 2.15. The van der Waals surface area contributed by atoms with Crippen LogP contribution >= 0.6 is 0 Å². The normalized spacial score (nSPS) is 14.3. The van der Waals surface area contributed by atoms with E-state index in [1.807, 2.05) is 5.32 Å². The predicted octanol–water partition coefficient (Wildman–Crippen LogP) is 3.18. The molecule has 1 unspecified atom stereocenters. The van der Waals surface area contributed by atoms with Crippen LogP contribution in [-0.4, -0.2) is 23.9 Å². The second kappa shape index (κ2) is 5.24. The van der Waals surface area contributed by atoms with Crippen LogP contribution < -0.4 is 5.32 Å². The highest BCUT2D eigenvalue weighted by molar-refractivity contribution is 5.47. The fraction of sp³-hybridized carbons (Fsp3) is 0.400. The molecule has 1 aromatic rings. The summed E-state index contributed by atoms with van der Waals surface area (Å²) in [6.45, 7) is -1.04. The molecule has 1 aromatic carbocycles. The summed E-state index contributed by atoms with van der Waals surface area (Å²) in [6, 6.07) is 1.65. The van der Waals surface area contributed by atoms with Gasteiger partial charge in [0.05, 0.1) is 5.56 Å². The average molecular weight is 291 g/mol. The molecule has 2 nitrogen and oxygen atoms in total. The molecule has 0 saturated carbocycles. The molecule has 0 aliphatic heterocycles. The maximum Gasteiger partial charge on any atom is 0.419 e. The van der Waals surface area contributed by atoms with E-state index in [9.17, 15) is 30.7 Å². The van der Waals surface area contributed by atoms with Crippen molar-refractivity contribution in [3.05, 3.63) is 29.6 Å². The third-order valence-electron chi connectivity index (χ3n) is 2.15. The Balaban J connectivity index is 2.82. The summed E-state index contributed by atoms with van der Waals surface area (Å²) in [7, 11) is 0. The molecule has 0 radical (unpaired) electrons. The molecular formula is C10H8F7NO. The van der Waals surface area contributed by atoms with Crippen LogP contribution in [-0.2, 0) is 6.18 Å². The SMILES string of the molecule is OC(CNc1ccc(F)c(C(F)(F)F)c1)C(F)(F)F. The van der Waals surface area contributed by atoms with E-state index in [1.54, 1.807) is 0 Å². The van der Waals surface area contributed by atoms with Crippen LogP contribution in [0.2, 0.25) is 0 Å². The molecule has 0 saturated heterocycles. The van der Waals surface area contributed by atoms with Gasteiger partial charge in [-0.25, -0.2) is 4.39 Å². The van der Waals surface area contributed by atoms with Crippen LogP contribution in [0.1, 0.15) is 5.56 Å². The fourth-order valence-electron chi connectivity index (χ4n) is 1.18. The smallest absolute Gasteiger partial charge is 0.382 e. The average Bonchev–Trinajstić information content (AvgIpc) is 2.24. The lowest BCUT2D eigenvalue weighted by molar-refractivity contribution is -0.198. The highest BCUT2D eigenvalue weighted by Gasteiger charge is 2.38. The fourth-order valence-corrected chi connectivity index (χ4v) is 1.18. The first-order chi connectivity index (χ1) is 8.51. The molecule has 0 spiro atoms. The molecule has 0 aromatic heterocycles. The number of halogens is 7. The van der Waals surface area contributed by atoms with Gasteiger partial charge in [-0.05, 0) is 18.2 Å². The van der Waals surface area contributed by atoms with Gasteiger partial charge in [0, 0.05) is 12.2 Å². The monoisotopic (exact) mass is 291 g/mol. The van der Waals surface area contributed by atoms with Crippen molar-refractivity contribution < 1.29 is 35.8 Å². The maximum absolute atomic E-state index is 12.9. The van der Waals surface area contributed by atoms with Crippen molar-refractivity contribution in [2.24, 2.45) is 0 Å². The molecular weight excluding hydrogens is 283 g/mol. The summed E-state index contributed by atoms with van der Waals surface area (Å²) in [4.78, 5) is 0.